The molecule has 2 aromatic rings. The topological polar surface area (TPSA) is 102 Å². The molecule has 0 saturated heterocycles. The highest BCUT2D eigenvalue weighted by atomic mass is 16.6. The maximum atomic E-state index is 10.6. The van der Waals surface area contributed by atoms with Gasteiger partial charge >= 0.3 is 5.69 Å². The normalized spacial score (nSPS) is 12.7. The first kappa shape index (κ1) is 16.1. The van der Waals surface area contributed by atoms with Crippen molar-refractivity contribution in [1.82, 2.24) is 24.5 Å². The first-order chi connectivity index (χ1) is 10.5. The van der Waals surface area contributed by atoms with Crippen molar-refractivity contribution >= 4 is 5.69 Å². The lowest BCUT2D eigenvalue weighted by molar-refractivity contribution is -0.385. The van der Waals surface area contributed by atoms with Crippen LogP contribution in [0.2, 0.25) is 0 Å². The van der Waals surface area contributed by atoms with Crippen LogP contribution in [0.3, 0.4) is 0 Å². The van der Waals surface area contributed by atoms with Gasteiger partial charge in [-0.2, -0.15) is 10.2 Å². The molecule has 0 aliphatic rings. The molecule has 0 aliphatic heterocycles. The predicted molar refractivity (Wildman–Crippen MR) is 79.0 cm³/mol. The molecule has 1 atom stereocenters. The molecule has 0 fully saturated rings. The molecule has 0 spiro atoms. The summed E-state index contributed by atoms with van der Waals surface area (Å²) < 4.78 is 3.13. The van der Waals surface area contributed by atoms with E-state index in [0.29, 0.717) is 13.1 Å². The third kappa shape index (κ3) is 4.37. The van der Waals surface area contributed by atoms with Crippen LogP contribution in [-0.2, 0) is 20.1 Å². The van der Waals surface area contributed by atoms with E-state index in [1.807, 2.05) is 20.2 Å². The molecule has 9 nitrogen and oxygen atoms in total. The Morgan fingerprint density at radius 3 is 2.73 bits per heavy atom. The van der Waals surface area contributed by atoms with Crippen molar-refractivity contribution < 1.29 is 10.0 Å². The molecule has 0 radical (unpaired) electrons. The van der Waals surface area contributed by atoms with Gasteiger partial charge in [-0.15, -0.1) is 0 Å². The predicted octanol–water partition coefficient (Wildman–Crippen LogP) is 0.408. The Morgan fingerprint density at radius 2 is 2.18 bits per heavy atom. The number of aromatic nitrogens is 4. The Labute approximate surface area is 127 Å². The van der Waals surface area contributed by atoms with Gasteiger partial charge in [0.15, 0.2) is 0 Å². The number of hydrogen-bond acceptors (Lipinski definition) is 6. The summed E-state index contributed by atoms with van der Waals surface area (Å²) in [4.78, 5) is 12.2. The van der Waals surface area contributed by atoms with Gasteiger partial charge in [0.2, 0.25) is 0 Å². The minimum absolute atomic E-state index is 0.0742. The van der Waals surface area contributed by atoms with E-state index >= 15 is 0 Å². The highest BCUT2D eigenvalue weighted by molar-refractivity contribution is 5.20. The van der Waals surface area contributed by atoms with Crippen molar-refractivity contribution in [2.75, 3.05) is 13.1 Å². The Bertz CT molecular complexity index is 623. The van der Waals surface area contributed by atoms with E-state index in [1.54, 1.807) is 10.9 Å². The Kier molecular flexibility index (Phi) is 5.23. The fraction of sp³-hybridized carbons (Fsp3) is 0.538. The number of aliphatic hydroxyl groups is 1. The van der Waals surface area contributed by atoms with Crippen molar-refractivity contribution in [2.24, 2.45) is 7.05 Å². The van der Waals surface area contributed by atoms with Crippen molar-refractivity contribution in [3.63, 3.8) is 0 Å². The summed E-state index contributed by atoms with van der Waals surface area (Å²) in [6, 6.07) is 0. The number of likely N-dealkylation sites (N-methyl/N-ethyl adjacent to an activating group) is 1. The number of nitrogens with zero attached hydrogens (tertiary/aromatic N) is 6. The van der Waals surface area contributed by atoms with E-state index in [1.165, 1.54) is 17.1 Å². The molecule has 0 bridgehead atoms. The summed E-state index contributed by atoms with van der Waals surface area (Å²) in [7, 11) is 1.86. The van der Waals surface area contributed by atoms with Crippen LogP contribution in [0.4, 0.5) is 5.69 Å². The summed E-state index contributed by atoms with van der Waals surface area (Å²) in [6.07, 6.45) is 5.58. The van der Waals surface area contributed by atoms with Gasteiger partial charge in [-0.25, -0.2) is 0 Å². The summed E-state index contributed by atoms with van der Waals surface area (Å²) in [5.74, 6) is 0. The number of hydrogen-bond donors (Lipinski definition) is 1. The molecule has 2 aromatic heterocycles. The van der Waals surface area contributed by atoms with E-state index in [4.69, 9.17) is 0 Å². The minimum atomic E-state index is -0.656. The standard InChI is InChI=1S/C13H20N6O3/c1-3-17(7-11-4-14-16(2)6-11)9-13(20)10-18-8-12(5-15-18)19(21)22/h4-6,8,13,20H,3,7,9-10H2,1-2H3. The van der Waals surface area contributed by atoms with Crippen LogP contribution in [-0.4, -0.2) is 53.7 Å². The average Bonchev–Trinajstić information content (AvgIpc) is 3.07. The lowest BCUT2D eigenvalue weighted by Crippen LogP contribution is -2.34. The summed E-state index contributed by atoms with van der Waals surface area (Å²) in [6.45, 7) is 4.17. The lowest BCUT2D eigenvalue weighted by Gasteiger charge is -2.22. The van der Waals surface area contributed by atoms with Gasteiger partial charge in [0.05, 0.1) is 23.8 Å². The Hall–Kier alpha value is -2.26. The minimum Gasteiger partial charge on any atom is -0.390 e. The number of aliphatic hydroxyl groups excluding tert-OH is 1. The monoisotopic (exact) mass is 308 g/mol. The van der Waals surface area contributed by atoms with Crippen LogP contribution >= 0.6 is 0 Å². The molecule has 0 amide bonds. The van der Waals surface area contributed by atoms with Crippen LogP contribution in [0, 0.1) is 10.1 Å². The van der Waals surface area contributed by atoms with Crippen LogP contribution in [0.1, 0.15) is 12.5 Å². The van der Waals surface area contributed by atoms with E-state index in [0.717, 1.165) is 12.1 Å². The van der Waals surface area contributed by atoms with Crippen LogP contribution in [0.15, 0.2) is 24.8 Å². The smallest absolute Gasteiger partial charge is 0.306 e. The largest absolute Gasteiger partial charge is 0.390 e. The van der Waals surface area contributed by atoms with E-state index < -0.39 is 11.0 Å². The van der Waals surface area contributed by atoms with Crippen molar-refractivity contribution in [3.8, 4) is 0 Å². The maximum absolute atomic E-state index is 10.6. The molecule has 0 saturated carbocycles. The van der Waals surface area contributed by atoms with Gasteiger partial charge in [-0.3, -0.25) is 24.4 Å². The SMILES string of the molecule is CCN(Cc1cnn(C)c1)CC(O)Cn1cc([N+](=O)[O-])cn1. The van der Waals surface area contributed by atoms with Crippen LogP contribution in [0.5, 0.6) is 0 Å². The van der Waals surface area contributed by atoms with Crippen molar-refractivity contribution in [1.29, 1.82) is 0 Å². The highest BCUT2D eigenvalue weighted by Crippen LogP contribution is 2.09. The van der Waals surface area contributed by atoms with Gasteiger partial charge < -0.3 is 5.11 Å². The molecule has 1 N–H and O–H groups in total. The summed E-state index contributed by atoms with van der Waals surface area (Å²) in [5.41, 5.74) is 1.00. The van der Waals surface area contributed by atoms with Crippen LogP contribution in [0.25, 0.3) is 0 Å². The first-order valence-electron chi connectivity index (χ1n) is 7.02. The second kappa shape index (κ2) is 7.14. The molecule has 120 valence electrons. The van der Waals surface area contributed by atoms with E-state index in [2.05, 4.69) is 15.1 Å². The van der Waals surface area contributed by atoms with E-state index in [9.17, 15) is 15.2 Å². The number of aryl methyl sites for hydroxylation is 1. The average molecular weight is 308 g/mol. The fourth-order valence-electron chi connectivity index (χ4n) is 2.24. The van der Waals surface area contributed by atoms with Crippen LogP contribution < -0.4 is 0 Å². The van der Waals surface area contributed by atoms with Gasteiger partial charge in [0, 0.05) is 31.9 Å². The number of rotatable bonds is 8. The molecule has 0 aliphatic carbocycles. The molecular weight excluding hydrogens is 288 g/mol. The molecule has 1 unspecified atom stereocenters. The van der Waals surface area contributed by atoms with Gasteiger partial charge in [-0.05, 0) is 6.54 Å². The fourth-order valence-corrected chi connectivity index (χ4v) is 2.24. The van der Waals surface area contributed by atoms with Crippen molar-refractivity contribution in [3.05, 3.63) is 40.5 Å². The second-order valence-corrected chi connectivity index (χ2v) is 5.18. The molecule has 2 rings (SSSR count). The first-order valence-corrected chi connectivity index (χ1v) is 7.02. The zero-order valence-electron chi connectivity index (χ0n) is 12.7. The van der Waals surface area contributed by atoms with Gasteiger partial charge in [-0.1, -0.05) is 6.92 Å². The molecule has 2 heterocycles. The highest BCUT2D eigenvalue weighted by Gasteiger charge is 2.15. The maximum Gasteiger partial charge on any atom is 0.306 e. The van der Waals surface area contributed by atoms with Gasteiger partial charge in [0.1, 0.15) is 12.4 Å². The summed E-state index contributed by atoms with van der Waals surface area (Å²) in [5, 5.41) is 28.7. The van der Waals surface area contributed by atoms with E-state index in [-0.39, 0.29) is 12.2 Å². The van der Waals surface area contributed by atoms with Crippen molar-refractivity contribution in [2.45, 2.75) is 26.1 Å². The zero-order chi connectivity index (χ0) is 16.1. The molecule has 0 aromatic carbocycles. The third-order valence-electron chi connectivity index (χ3n) is 3.31. The molecular formula is C13H20N6O3. The molecule has 22 heavy (non-hydrogen) atoms. The number of nitro groups is 1. The summed E-state index contributed by atoms with van der Waals surface area (Å²) >= 11 is 0. The third-order valence-corrected chi connectivity index (χ3v) is 3.31. The second-order valence-electron chi connectivity index (χ2n) is 5.18. The zero-order valence-corrected chi connectivity index (χ0v) is 12.7. The van der Waals surface area contributed by atoms with Gasteiger partial charge in [0.25, 0.3) is 0 Å². The Morgan fingerprint density at radius 1 is 1.41 bits per heavy atom. The Balaban J connectivity index is 1.88. The lowest BCUT2D eigenvalue weighted by atomic mass is 10.2. The molecule has 9 heteroatoms. The quantitative estimate of drug-likeness (QED) is 0.559.